The normalized spacial score (nSPS) is 10.0. The first-order valence-electron chi connectivity index (χ1n) is 5.80. The average molecular weight is 258 g/mol. The molecule has 0 saturated carbocycles. The fourth-order valence-corrected chi connectivity index (χ4v) is 2.56. The van der Waals surface area contributed by atoms with Crippen molar-refractivity contribution in [2.45, 2.75) is 19.3 Å². The first-order chi connectivity index (χ1) is 8.85. The highest BCUT2D eigenvalue weighted by molar-refractivity contribution is 7.09. The van der Waals surface area contributed by atoms with Gasteiger partial charge in [0.1, 0.15) is 5.75 Å². The molecule has 0 aliphatic rings. The van der Waals surface area contributed by atoms with Gasteiger partial charge in [0.15, 0.2) is 0 Å². The average Bonchev–Trinajstić information content (AvgIpc) is 2.88. The standard InChI is InChI=1S/C14H14N2OS/c1-17-13-7-3-2-6-11(13)12-10-18-14(16-12)8-4-5-9-15/h2-3,6-7,10H,4-5,8H2,1H3. The van der Waals surface area contributed by atoms with Crippen LogP contribution in [0.1, 0.15) is 17.8 Å². The number of aryl methyl sites for hydroxylation is 1. The van der Waals surface area contributed by atoms with Gasteiger partial charge in [-0.25, -0.2) is 4.98 Å². The molecule has 1 aromatic heterocycles. The van der Waals surface area contributed by atoms with Crippen LogP contribution in [0.3, 0.4) is 0 Å². The van der Waals surface area contributed by atoms with Crippen LogP contribution in [0.5, 0.6) is 5.75 Å². The molecule has 1 heterocycles. The van der Waals surface area contributed by atoms with Gasteiger partial charge in [0.2, 0.25) is 0 Å². The van der Waals surface area contributed by atoms with Crippen LogP contribution in [0.2, 0.25) is 0 Å². The van der Waals surface area contributed by atoms with Gasteiger partial charge in [-0.2, -0.15) is 5.26 Å². The molecule has 3 nitrogen and oxygen atoms in total. The third-order valence-electron chi connectivity index (χ3n) is 2.61. The van der Waals surface area contributed by atoms with Gasteiger partial charge in [-0.1, -0.05) is 12.1 Å². The third kappa shape index (κ3) is 2.88. The molecular formula is C14H14N2OS. The van der Waals surface area contributed by atoms with E-state index in [2.05, 4.69) is 11.1 Å². The molecule has 0 unspecified atom stereocenters. The van der Waals surface area contributed by atoms with Gasteiger partial charge in [0.25, 0.3) is 0 Å². The summed E-state index contributed by atoms with van der Waals surface area (Å²) in [7, 11) is 1.67. The van der Waals surface area contributed by atoms with Crippen LogP contribution < -0.4 is 4.74 Å². The van der Waals surface area contributed by atoms with Gasteiger partial charge in [-0.15, -0.1) is 11.3 Å². The van der Waals surface area contributed by atoms with Crippen LogP contribution in [0.25, 0.3) is 11.3 Å². The van der Waals surface area contributed by atoms with E-state index in [-0.39, 0.29) is 0 Å². The van der Waals surface area contributed by atoms with Crippen LogP contribution in [0, 0.1) is 11.3 Å². The van der Waals surface area contributed by atoms with Crippen LogP contribution in [-0.4, -0.2) is 12.1 Å². The lowest BCUT2D eigenvalue weighted by Gasteiger charge is -2.04. The van der Waals surface area contributed by atoms with Gasteiger partial charge in [-0.05, 0) is 18.6 Å². The molecule has 1 aromatic carbocycles. The van der Waals surface area contributed by atoms with E-state index in [1.165, 1.54) is 0 Å². The Morgan fingerprint density at radius 3 is 3.00 bits per heavy atom. The summed E-state index contributed by atoms with van der Waals surface area (Å²) >= 11 is 1.64. The monoisotopic (exact) mass is 258 g/mol. The molecular weight excluding hydrogens is 244 g/mol. The van der Waals surface area contributed by atoms with E-state index >= 15 is 0 Å². The molecule has 92 valence electrons. The number of aromatic nitrogens is 1. The molecule has 0 saturated heterocycles. The van der Waals surface area contributed by atoms with E-state index < -0.39 is 0 Å². The Bertz CT molecular complexity index is 557. The lowest BCUT2D eigenvalue weighted by molar-refractivity contribution is 0.416. The van der Waals surface area contributed by atoms with Gasteiger partial charge in [0.05, 0.1) is 23.9 Å². The Morgan fingerprint density at radius 1 is 1.39 bits per heavy atom. The fourth-order valence-electron chi connectivity index (χ4n) is 1.72. The van der Waals surface area contributed by atoms with Crippen molar-refractivity contribution in [3.05, 3.63) is 34.7 Å². The largest absolute Gasteiger partial charge is 0.496 e. The zero-order valence-corrected chi connectivity index (χ0v) is 11.0. The lowest BCUT2D eigenvalue weighted by Crippen LogP contribution is -1.88. The Kier molecular flexibility index (Phi) is 4.32. The zero-order chi connectivity index (χ0) is 12.8. The van der Waals surface area contributed by atoms with E-state index in [1.54, 1.807) is 18.4 Å². The summed E-state index contributed by atoms with van der Waals surface area (Å²) in [5.74, 6) is 0.839. The summed E-state index contributed by atoms with van der Waals surface area (Å²) < 4.78 is 5.33. The molecule has 4 heteroatoms. The first kappa shape index (κ1) is 12.6. The smallest absolute Gasteiger partial charge is 0.128 e. The van der Waals surface area contributed by atoms with Crippen molar-refractivity contribution in [3.63, 3.8) is 0 Å². The number of para-hydroxylation sites is 1. The van der Waals surface area contributed by atoms with Crippen molar-refractivity contribution >= 4 is 11.3 Å². The number of benzene rings is 1. The number of nitrogens with zero attached hydrogens (tertiary/aromatic N) is 2. The summed E-state index contributed by atoms with van der Waals surface area (Å²) in [5.41, 5.74) is 1.96. The number of rotatable bonds is 5. The van der Waals surface area contributed by atoms with Crippen LogP contribution >= 0.6 is 11.3 Å². The van der Waals surface area contributed by atoms with Gasteiger partial charge in [-0.3, -0.25) is 0 Å². The Balaban J connectivity index is 2.16. The number of hydrogen-bond donors (Lipinski definition) is 0. The first-order valence-corrected chi connectivity index (χ1v) is 6.68. The van der Waals surface area contributed by atoms with E-state index in [9.17, 15) is 0 Å². The van der Waals surface area contributed by atoms with Crippen LogP contribution in [-0.2, 0) is 6.42 Å². The van der Waals surface area contributed by atoms with Crippen LogP contribution in [0.4, 0.5) is 0 Å². The minimum absolute atomic E-state index is 0.587. The molecule has 0 bridgehead atoms. The molecule has 0 spiro atoms. The molecule has 0 aliphatic heterocycles. The summed E-state index contributed by atoms with van der Waals surface area (Å²) in [6, 6.07) is 10.0. The van der Waals surface area contributed by atoms with E-state index in [0.717, 1.165) is 34.9 Å². The SMILES string of the molecule is COc1ccccc1-c1csc(CCCC#N)n1. The highest BCUT2D eigenvalue weighted by Crippen LogP contribution is 2.30. The van der Waals surface area contributed by atoms with Crippen molar-refractivity contribution < 1.29 is 4.74 Å². The summed E-state index contributed by atoms with van der Waals surface area (Å²) in [6.45, 7) is 0. The number of ether oxygens (including phenoxy) is 1. The number of nitriles is 1. The predicted octanol–water partition coefficient (Wildman–Crippen LogP) is 3.66. The van der Waals surface area contributed by atoms with Gasteiger partial charge in [0, 0.05) is 23.8 Å². The molecule has 2 aromatic rings. The molecule has 0 amide bonds. The van der Waals surface area contributed by atoms with Crippen molar-refractivity contribution in [2.24, 2.45) is 0 Å². The molecule has 0 aliphatic carbocycles. The molecule has 0 fully saturated rings. The molecule has 0 radical (unpaired) electrons. The minimum atomic E-state index is 0.587. The maximum atomic E-state index is 8.51. The maximum absolute atomic E-state index is 8.51. The zero-order valence-electron chi connectivity index (χ0n) is 10.2. The molecule has 0 atom stereocenters. The number of hydrogen-bond acceptors (Lipinski definition) is 4. The van der Waals surface area contributed by atoms with Gasteiger partial charge < -0.3 is 4.74 Å². The van der Waals surface area contributed by atoms with E-state index in [1.807, 2.05) is 29.6 Å². The summed E-state index contributed by atoms with van der Waals surface area (Å²) in [4.78, 5) is 4.59. The third-order valence-corrected chi connectivity index (χ3v) is 3.52. The summed E-state index contributed by atoms with van der Waals surface area (Å²) in [6.07, 6.45) is 2.33. The van der Waals surface area contributed by atoms with Gasteiger partial charge >= 0.3 is 0 Å². The number of thiazole rings is 1. The maximum Gasteiger partial charge on any atom is 0.128 e. The topological polar surface area (TPSA) is 45.9 Å². The molecule has 18 heavy (non-hydrogen) atoms. The molecule has 2 rings (SSSR count). The van der Waals surface area contributed by atoms with Crippen molar-refractivity contribution in [3.8, 4) is 23.1 Å². The van der Waals surface area contributed by atoms with Crippen molar-refractivity contribution in [1.82, 2.24) is 4.98 Å². The second-order valence-electron chi connectivity index (χ2n) is 3.84. The number of methoxy groups -OCH3 is 1. The Morgan fingerprint density at radius 2 is 2.22 bits per heavy atom. The van der Waals surface area contributed by atoms with Crippen molar-refractivity contribution in [1.29, 1.82) is 5.26 Å². The van der Waals surface area contributed by atoms with Crippen molar-refractivity contribution in [2.75, 3.05) is 7.11 Å². The minimum Gasteiger partial charge on any atom is -0.496 e. The fraction of sp³-hybridized carbons (Fsp3) is 0.286. The quantitative estimate of drug-likeness (QED) is 0.769. The van der Waals surface area contributed by atoms with Crippen LogP contribution in [0.15, 0.2) is 29.6 Å². The predicted molar refractivity (Wildman–Crippen MR) is 72.7 cm³/mol. The number of unbranched alkanes of at least 4 members (excludes halogenated alkanes) is 1. The highest BCUT2D eigenvalue weighted by Gasteiger charge is 2.08. The molecule has 0 N–H and O–H groups in total. The summed E-state index contributed by atoms with van der Waals surface area (Å²) in [5, 5.41) is 11.6. The Labute approximate surface area is 111 Å². The van der Waals surface area contributed by atoms with E-state index in [0.29, 0.717) is 6.42 Å². The second-order valence-corrected chi connectivity index (χ2v) is 4.78. The highest BCUT2D eigenvalue weighted by atomic mass is 32.1. The second kappa shape index (κ2) is 6.18. The Hall–Kier alpha value is -1.86. The lowest BCUT2D eigenvalue weighted by atomic mass is 10.1. The van der Waals surface area contributed by atoms with E-state index in [4.69, 9.17) is 10.00 Å².